The zero-order valence-corrected chi connectivity index (χ0v) is 8.01. The van der Waals surface area contributed by atoms with Crippen molar-refractivity contribution in [3.8, 4) is 0 Å². The van der Waals surface area contributed by atoms with Crippen LogP contribution in [0.1, 0.15) is 5.56 Å². The van der Waals surface area contributed by atoms with Crippen LogP contribution in [0.3, 0.4) is 0 Å². The van der Waals surface area contributed by atoms with Crippen LogP contribution in [0.5, 0.6) is 0 Å². The molecule has 0 aromatic heterocycles. The van der Waals surface area contributed by atoms with Crippen molar-refractivity contribution in [1.29, 1.82) is 0 Å². The maximum atomic E-state index is 9.24. The highest BCUT2D eigenvalue weighted by atomic mass is 32.2. The van der Waals surface area contributed by atoms with E-state index in [1.807, 2.05) is 36.6 Å². The van der Waals surface area contributed by atoms with Crippen molar-refractivity contribution in [3.63, 3.8) is 0 Å². The lowest BCUT2D eigenvalue weighted by atomic mass is 10.2. The van der Waals surface area contributed by atoms with Gasteiger partial charge in [0.15, 0.2) is 7.05 Å². The number of rotatable bonds is 1. The van der Waals surface area contributed by atoms with Gasteiger partial charge in [-0.1, -0.05) is 30.0 Å². The first-order chi connectivity index (χ1) is 5.75. The highest BCUT2D eigenvalue weighted by molar-refractivity contribution is 8.13. The molecule has 3 heteroatoms. The molecule has 0 aliphatic carbocycles. The van der Waals surface area contributed by atoms with Gasteiger partial charge in [-0.25, -0.2) is 0 Å². The van der Waals surface area contributed by atoms with E-state index in [1.165, 1.54) is 11.8 Å². The number of hydrogen-bond acceptors (Lipinski definition) is 2. The van der Waals surface area contributed by atoms with Gasteiger partial charge in [0.05, 0.1) is 5.56 Å². The smallest absolute Gasteiger partial charge is 0.290 e. The van der Waals surface area contributed by atoms with E-state index in [2.05, 4.69) is 0 Å². The van der Waals surface area contributed by atoms with Crippen molar-refractivity contribution in [2.75, 3.05) is 13.3 Å². The van der Waals surface area contributed by atoms with Gasteiger partial charge in [-0.15, -0.1) is 0 Å². The molecule has 0 unspecified atom stereocenters. The lowest BCUT2D eigenvalue weighted by Crippen LogP contribution is -2.10. The fourth-order valence-electron chi connectivity index (χ4n) is 1.02. The third-order valence-electron chi connectivity index (χ3n) is 1.51. The molecular weight excluding hydrogens is 170 g/mol. The van der Waals surface area contributed by atoms with E-state index in [4.69, 9.17) is 0 Å². The Morgan fingerprint density at radius 2 is 1.92 bits per heavy atom. The summed E-state index contributed by atoms with van der Waals surface area (Å²) in [5, 5.41) is 10.1. The van der Waals surface area contributed by atoms with Crippen molar-refractivity contribution in [1.82, 2.24) is 0 Å². The quantitative estimate of drug-likeness (QED) is 0.235. The first kappa shape index (κ1) is 9.13. The van der Waals surface area contributed by atoms with Gasteiger partial charge in [0.2, 0.25) is 0 Å². The lowest BCUT2D eigenvalue weighted by molar-refractivity contribution is -0.752. The molecule has 0 aliphatic heterocycles. The molecule has 0 fully saturated rings. The average Bonchev–Trinajstić information content (AvgIpc) is 2.07. The average molecular weight is 182 g/mol. The summed E-state index contributed by atoms with van der Waals surface area (Å²) in [4.78, 5) is 0. The summed E-state index contributed by atoms with van der Waals surface area (Å²) in [5.41, 5.74) is 1.04. The predicted octanol–water partition coefficient (Wildman–Crippen LogP) is 1.83. The molecule has 0 saturated carbocycles. The molecule has 1 aromatic rings. The fourth-order valence-corrected chi connectivity index (χ4v) is 1.65. The highest BCUT2D eigenvalue weighted by Gasteiger charge is 2.11. The number of hydrogen-bond donors (Lipinski definition) is 1. The summed E-state index contributed by atoms with van der Waals surface area (Å²) in [6, 6.07) is 9.81. The second kappa shape index (κ2) is 4.16. The monoisotopic (exact) mass is 182 g/mol. The van der Waals surface area contributed by atoms with Crippen LogP contribution < -0.4 is 0 Å². The summed E-state index contributed by atoms with van der Waals surface area (Å²) < 4.78 is 1.14. The summed E-state index contributed by atoms with van der Waals surface area (Å²) in [7, 11) is 1.62. The highest BCUT2D eigenvalue weighted by Crippen LogP contribution is 2.08. The number of nitrogens with zero attached hydrogens (tertiary/aromatic N) is 1. The maximum Gasteiger partial charge on any atom is 0.290 e. The zero-order chi connectivity index (χ0) is 8.97. The van der Waals surface area contributed by atoms with Crippen LogP contribution >= 0.6 is 11.8 Å². The minimum Gasteiger partial charge on any atom is -0.290 e. The zero-order valence-electron chi connectivity index (χ0n) is 7.19. The first-order valence-electron chi connectivity index (χ1n) is 3.64. The molecule has 0 heterocycles. The molecule has 0 amide bonds. The molecule has 0 atom stereocenters. The van der Waals surface area contributed by atoms with Crippen LogP contribution in [0, 0.1) is 0 Å². The number of hydroxylamine groups is 1. The lowest BCUT2D eigenvalue weighted by Gasteiger charge is -1.96. The largest absolute Gasteiger partial charge is 0.290 e. The first-order valence-corrected chi connectivity index (χ1v) is 4.87. The molecule has 0 radical (unpaired) electrons. The molecule has 0 saturated heterocycles. The Balaban J connectivity index is 3.05. The summed E-state index contributed by atoms with van der Waals surface area (Å²) in [6.07, 6.45) is 1.94. The van der Waals surface area contributed by atoms with Gasteiger partial charge in [-0.3, -0.25) is 5.21 Å². The topological polar surface area (TPSA) is 23.2 Å². The second-order valence-electron chi connectivity index (χ2n) is 2.40. The van der Waals surface area contributed by atoms with E-state index in [0.717, 1.165) is 15.3 Å². The summed E-state index contributed by atoms with van der Waals surface area (Å²) >= 11 is 1.52. The van der Waals surface area contributed by atoms with Crippen molar-refractivity contribution < 1.29 is 9.95 Å². The number of benzene rings is 1. The van der Waals surface area contributed by atoms with Crippen LogP contribution in [-0.2, 0) is 0 Å². The molecule has 0 aliphatic rings. The van der Waals surface area contributed by atoms with Gasteiger partial charge < -0.3 is 0 Å². The molecule has 1 aromatic carbocycles. The molecule has 64 valence electrons. The standard InChI is InChI=1S/C9H12NOS/c1-10(11)9(12-2)8-6-4-3-5-7-8/h3-7,11H,1-2H3/q+1/b10-9-. The third-order valence-corrected chi connectivity index (χ3v) is 2.39. The Morgan fingerprint density at radius 3 is 2.33 bits per heavy atom. The van der Waals surface area contributed by atoms with Crippen LogP contribution in [0.15, 0.2) is 30.3 Å². The van der Waals surface area contributed by atoms with Gasteiger partial charge >= 0.3 is 0 Å². The molecular formula is C9H12NOS+. The minimum absolute atomic E-state index is 0.857. The third kappa shape index (κ3) is 2.01. The molecule has 2 nitrogen and oxygen atoms in total. The van der Waals surface area contributed by atoms with E-state index in [-0.39, 0.29) is 0 Å². The van der Waals surface area contributed by atoms with Crippen molar-refractivity contribution >= 4 is 16.8 Å². The van der Waals surface area contributed by atoms with Crippen LogP contribution in [-0.4, -0.2) is 28.3 Å². The van der Waals surface area contributed by atoms with Gasteiger partial charge in [0.1, 0.15) is 0 Å². The van der Waals surface area contributed by atoms with Gasteiger partial charge in [-0.2, -0.15) is 0 Å². The second-order valence-corrected chi connectivity index (χ2v) is 3.19. The van der Waals surface area contributed by atoms with Crippen molar-refractivity contribution in [2.45, 2.75) is 0 Å². The Kier molecular flexibility index (Phi) is 3.17. The van der Waals surface area contributed by atoms with E-state index < -0.39 is 0 Å². The molecule has 0 spiro atoms. The normalized spacial score (nSPS) is 12.5. The summed E-state index contributed by atoms with van der Waals surface area (Å²) in [5.74, 6) is 0. The number of thioether (sulfide) groups is 1. The van der Waals surface area contributed by atoms with E-state index in [1.54, 1.807) is 7.05 Å². The van der Waals surface area contributed by atoms with Gasteiger partial charge in [0.25, 0.3) is 5.04 Å². The van der Waals surface area contributed by atoms with Crippen LogP contribution in [0.25, 0.3) is 0 Å². The summed E-state index contributed by atoms with van der Waals surface area (Å²) in [6.45, 7) is 0. The molecule has 0 bridgehead atoms. The Bertz CT molecular complexity index is 278. The van der Waals surface area contributed by atoms with E-state index in [9.17, 15) is 5.21 Å². The van der Waals surface area contributed by atoms with Crippen LogP contribution in [0.4, 0.5) is 0 Å². The Labute approximate surface area is 76.5 Å². The van der Waals surface area contributed by atoms with E-state index in [0.29, 0.717) is 0 Å². The molecule has 12 heavy (non-hydrogen) atoms. The SMILES string of the molecule is CS/C(c1ccccc1)=[N+](/C)O. The van der Waals surface area contributed by atoms with Crippen molar-refractivity contribution in [2.24, 2.45) is 0 Å². The van der Waals surface area contributed by atoms with Crippen LogP contribution in [0.2, 0.25) is 0 Å². The fraction of sp³-hybridized carbons (Fsp3) is 0.222. The maximum absolute atomic E-state index is 9.24. The van der Waals surface area contributed by atoms with Gasteiger partial charge in [-0.05, 0) is 23.1 Å². The molecule has 1 N–H and O–H groups in total. The van der Waals surface area contributed by atoms with E-state index >= 15 is 0 Å². The Hall–Kier alpha value is -0.960. The van der Waals surface area contributed by atoms with Gasteiger partial charge in [0, 0.05) is 0 Å². The minimum atomic E-state index is 0.857. The molecule has 1 rings (SSSR count). The Morgan fingerprint density at radius 1 is 1.33 bits per heavy atom. The van der Waals surface area contributed by atoms with Crippen molar-refractivity contribution in [3.05, 3.63) is 35.9 Å². The predicted molar refractivity (Wildman–Crippen MR) is 52.0 cm³/mol.